The summed E-state index contributed by atoms with van der Waals surface area (Å²) >= 11 is 0. The Kier molecular flexibility index (Phi) is 3.14. The van der Waals surface area contributed by atoms with Crippen molar-refractivity contribution in [2.45, 2.75) is 27.2 Å². The van der Waals surface area contributed by atoms with Crippen LogP contribution in [0.2, 0.25) is 0 Å². The number of aryl methyl sites for hydroxylation is 2. The van der Waals surface area contributed by atoms with E-state index in [-0.39, 0.29) is 0 Å². The van der Waals surface area contributed by atoms with Gasteiger partial charge < -0.3 is 4.74 Å². The Morgan fingerprint density at radius 2 is 1.93 bits per heavy atom. The molecule has 14 heavy (non-hydrogen) atoms. The van der Waals surface area contributed by atoms with Gasteiger partial charge in [-0.05, 0) is 43.0 Å². The molecule has 0 aliphatic heterocycles. The van der Waals surface area contributed by atoms with Crippen molar-refractivity contribution in [3.63, 3.8) is 0 Å². The molecule has 0 aromatic heterocycles. The van der Waals surface area contributed by atoms with Crippen LogP contribution in [0.15, 0.2) is 6.07 Å². The molecule has 0 saturated carbocycles. The largest absolute Gasteiger partial charge is 0.496 e. The van der Waals surface area contributed by atoms with E-state index in [0.29, 0.717) is 6.42 Å². The average molecular weight is 189 g/mol. The van der Waals surface area contributed by atoms with Crippen LogP contribution in [0.1, 0.15) is 22.3 Å². The second-order valence-corrected chi connectivity index (χ2v) is 3.48. The first-order valence-electron chi connectivity index (χ1n) is 4.62. The number of methoxy groups -OCH3 is 1. The summed E-state index contributed by atoms with van der Waals surface area (Å²) in [6, 6.07) is 4.25. The van der Waals surface area contributed by atoms with Gasteiger partial charge in [-0.3, -0.25) is 0 Å². The van der Waals surface area contributed by atoms with E-state index in [2.05, 4.69) is 12.1 Å². The first-order chi connectivity index (χ1) is 6.61. The minimum absolute atomic E-state index is 0.453. The van der Waals surface area contributed by atoms with Crippen LogP contribution in [0.4, 0.5) is 0 Å². The molecular weight excluding hydrogens is 174 g/mol. The van der Waals surface area contributed by atoms with Crippen LogP contribution in [0.3, 0.4) is 0 Å². The fraction of sp³-hybridized carbons (Fsp3) is 0.417. The number of ether oxygens (including phenoxy) is 1. The molecule has 0 N–H and O–H groups in total. The molecule has 0 spiro atoms. The maximum atomic E-state index is 8.71. The Labute approximate surface area is 85.1 Å². The van der Waals surface area contributed by atoms with Gasteiger partial charge in [0.1, 0.15) is 5.75 Å². The van der Waals surface area contributed by atoms with Crippen molar-refractivity contribution in [1.82, 2.24) is 0 Å². The summed E-state index contributed by atoms with van der Waals surface area (Å²) in [6.07, 6.45) is 0.453. The first-order valence-corrected chi connectivity index (χ1v) is 4.62. The molecule has 1 aromatic rings. The molecule has 2 heteroatoms. The van der Waals surface area contributed by atoms with E-state index in [1.807, 2.05) is 20.8 Å². The van der Waals surface area contributed by atoms with Gasteiger partial charge in [-0.25, -0.2) is 0 Å². The van der Waals surface area contributed by atoms with Gasteiger partial charge in [0.2, 0.25) is 0 Å². The van der Waals surface area contributed by atoms with E-state index in [9.17, 15) is 0 Å². The van der Waals surface area contributed by atoms with Crippen molar-refractivity contribution >= 4 is 0 Å². The summed E-state index contributed by atoms with van der Waals surface area (Å²) in [4.78, 5) is 0. The monoisotopic (exact) mass is 189 g/mol. The van der Waals surface area contributed by atoms with E-state index < -0.39 is 0 Å². The lowest BCUT2D eigenvalue weighted by atomic mass is 9.96. The van der Waals surface area contributed by atoms with Crippen molar-refractivity contribution in [3.05, 3.63) is 28.3 Å². The maximum Gasteiger partial charge on any atom is 0.124 e. The average Bonchev–Trinajstić information content (AvgIpc) is 2.12. The molecule has 0 saturated heterocycles. The first kappa shape index (κ1) is 10.6. The summed E-state index contributed by atoms with van der Waals surface area (Å²) in [5.74, 6) is 0.904. The zero-order valence-electron chi connectivity index (χ0n) is 9.14. The van der Waals surface area contributed by atoms with Gasteiger partial charge in [-0.1, -0.05) is 6.07 Å². The third kappa shape index (κ3) is 1.72. The fourth-order valence-corrected chi connectivity index (χ4v) is 1.87. The van der Waals surface area contributed by atoms with E-state index >= 15 is 0 Å². The summed E-state index contributed by atoms with van der Waals surface area (Å²) in [5.41, 5.74) is 4.48. The second kappa shape index (κ2) is 4.15. The van der Waals surface area contributed by atoms with Crippen LogP contribution >= 0.6 is 0 Å². The summed E-state index contributed by atoms with van der Waals surface area (Å²) in [6.45, 7) is 6.06. The van der Waals surface area contributed by atoms with E-state index in [1.54, 1.807) is 7.11 Å². The highest BCUT2D eigenvalue weighted by Gasteiger charge is 2.10. The highest BCUT2D eigenvalue weighted by molar-refractivity contribution is 5.49. The van der Waals surface area contributed by atoms with Crippen LogP contribution in [0, 0.1) is 32.1 Å². The van der Waals surface area contributed by atoms with Crippen LogP contribution in [0.25, 0.3) is 0 Å². The molecule has 0 amide bonds. The highest BCUT2D eigenvalue weighted by Crippen LogP contribution is 2.28. The third-order valence-corrected chi connectivity index (χ3v) is 2.52. The SMILES string of the molecule is COc1c(C)cc(C)c(CC#N)c1C. The van der Waals surface area contributed by atoms with E-state index in [4.69, 9.17) is 10.00 Å². The summed E-state index contributed by atoms with van der Waals surface area (Å²) in [7, 11) is 1.67. The van der Waals surface area contributed by atoms with E-state index in [1.165, 1.54) is 5.56 Å². The number of hydrogen-bond donors (Lipinski definition) is 0. The Morgan fingerprint density at radius 3 is 2.43 bits per heavy atom. The molecule has 0 unspecified atom stereocenters. The van der Waals surface area contributed by atoms with Crippen molar-refractivity contribution in [2.24, 2.45) is 0 Å². The molecule has 0 bridgehead atoms. The van der Waals surface area contributed by atoms with Gasteiger partial charge >= 0.3 is 0 Å². The molecule has 0 aliphatic carbocycles. The maximum absolute atomic E-state index is 8.71. The smallest absolute Gasteiger partial charge is 0.124 e. The lowest BCUT2D eigenvalue weighted by molar-refractivity contribution is 0.408. The van der Waals surface area contributed by atoms with Crippen LogP contribution in [-0.2, 0) is 6.42 Å². The fourth-order valence-electron chi connectivity index (χ4n) is 1.87. The minimum atomic E-state index is 0.453. The number of nitrogens with zero attached hydrogens (tertiary/aromatic N) is 1. The van der Waals surface area contributed by atoms with Crippen LogP contribution < -0.4 is 4.74 Å². The molecule has 0 atom stereocenters. The van der Waals surface area contributed by atoms with Gasteiger partial charge in [-0.15, -0.1) is 0 Å². The molecule has 0 radical (unpaired) electrons. The predicted octanol–water partition coefficient (Wildman–Crippen LogP) is 2.69. The molecule has 0 fully saturated rings. The number of hydrogen-bond acceptors (Lipinski definition) is 2. The normalized spacial score (nSPS) is 9.64. The zero-order valence-corrected chi connectivity index (χ0v) is 9.14. The summed E-state index contributed by atoms with van der Waals surface area (Å²) < 4.78 is 5.31. The van der Waals surface area contributed by atoms with Crippen molar-refractivity contribution in [3.8, 4) is 11.8 Å². The Hall–Kier alpha value is -1.49. The quantitative estimate of drug-likeness (QED) is 0.716. The molecule has 1 rings (SSSR count). The van der Waals surface area contributed by atoms with Gasteiger partial charge in [0.15, 0.2) is 0 Å². The minimum Gasteiger partial charge on any atom is -0.496 e. The molecule has 0 aliphatic rings. The molecular formula is C12H15NO. The lowest BCUT2D eigenvalue weighted by Crippen LogP contribution is -1.99. The number of rotatable bonds is 2. The van der Waals surface area contributed by atoms with Crippen molar-refractivity contribution < 1.29 is 4.74 Å². The standard InChI is InChI=1S/C12H15NO/c1-8-7-9(2)12(14-4)10(3)11(8)5-6-13/h7H,5H2,1-4H3. The van der Waals surface area contributed by atoms with Gasteiger partial charge in [-0.2, -0.15) is 5.26 Å². The highest BCUT2D eigenvalue weighted by atomic mass is 16.5. The molecule has 1 aromatic carbocycles. The zero-order chi connectivity index (χ0) is 10.7. The molecule has 74 valence electrons. The Balaban J connectivity index is 3.37. The lowest BCUT2D eigenvalue weighted by Gasteiger charge is -2.14. The Morgan fingerprint density at radius 1 is 1.29 bits per heavy atom. The number of benzene rings is 1. The van der Waals surface area contributed by atoms with Crippen molar-refractivity contribution in [2.75, 3.05) is 7.11 Å². The third-order valence-electron chi connectivity index (χ3n) is 2.52. The van der Waals surface area contributed by atoms with Crippen LogP contribution in [-0.4, -0.2) is 7.11 Å². The summed E-state index contributed by atoms with van der Waals surface area (Å²) in [5, 5.41) is 8.71. The second-order valence-electron chi connectivity index (χ2n) is 3.48. The number of nitriles is 1. The predicted molar refractivity (Wildman–Crippen MR) is 56.5 cm³/mol. The van der Waals surface area contributed by atoms with Gasteiger partial charge in [0.25, 0.3) is 0 Å². The van der Waals surface area contributed by atoms with Crippen molar-refractivity contribution in [1.29, 1.82) is 5.26 Å². The van der Waals surface area contributed by atoms with E-state index in [0.717, 1.165) is 22.4 Å². The topological polar surface area (TPSA) is 33.0 Å². The van der Waals surface area contributed by atoms with Gasteiger partial charge in [0, 0.05) is 0 Å². The van der Waals surface area contributed by atoms with Crippen LogP contribution in [0.5, 0.6) is 5.75 Å². The van der Waals surface area contributed by atoms with Gasteiger partial charge in [0.05, 0.1) is 19.6 Å². The Bertz CT molecular complexity index is 388. The molecule has 0 heterocycles. The molecule has 2 nitrogen and oxygen atoms in total.